The molecule has 5 heteroatoms. The molecular formula is C23H36O5. The molecule has 0 heterocycles. The summed E-state index contributed by atoms with van der Waals surface area (Å²) in [5.74, 6) is -0.916. The first-order valence-corrected chi connectivity index (χ1v) is 10.3. The van der Waals surface area contributed by atoms with E-state index in [1.165, 1.54) is 0 Å². The van der Waals surface area contributed by atoms with Crippen LogP contribution in [-0.2, 0) is 9.47 Å². The molecule has 5 nitrogen and oxygen atoms in total. The highest BCUT2D eigenvalue weighted by molar-refractivity contribution is 5.93. The number of carbonyl (C=O) groups is 2. The first kappa shape index (κ1) is 24.2. The molecule has 0 radical (unpaired) electrons. The third-order valence-electron chi connectivity index (χ3n) is 6.03. The van der Waals surface area contributed by atoms with Crippen molar-refractivity contribution < 1.29 is 24.2 Å². The summed E-state index contributed by atoms with van der Waals surface area (Å²) in [5.41, 5.74) is 0.285. The van der Waals surface area contributed by atoms with Crippen LogP contribution < -0.4 is 0 Å². The van der Waals surface area contributed by atoms with Gasteiger partial charge < -0.3 is 14.6 Å². The summed E-state index contributed by atoms with van der Waals surface area (Å²) in [4.78, 5) is 24.5. The van der Waals surface area contributed by atoms with E-state index >= 15 is 0 Å². The molecule has 0 aromatic heterocycles. The Morgan fingerprint density at radius 1 is 0.893 bits per heavy atom. The predicted molar refractivity (Wildman–Crippen MR) is 110 cm³/mol. The fourth-order valence-corrected chi connectivity index (χ4v) is 2.84. The SMILES string of the molecule is CCC(C)(CC)CC(O)COC(=O)c1ccc(C(=O)OC(C)(CC)CC)cc1. The zero-order valence-electron chi connectivity index (χ0n) is 18.2. The summed E-state index contributed by atoms with van der Waals surface area (Å²) in [6.07, 6.45) is 3.28. The van der Waals surface area contributed by atoms with Crippen molar-refractivity contribution in [1.82, 2.24) is 0 Å². The van der Waals surface area contributed by atoms with Gasteiger partial charge in [0, 0.05) is 0 Å². The van der Waals surface area contributed by atoms with Gasteiger partial charge in [-0.1, -0.05) is 47.5 Å². The van der Waals surface area contributed by atoms with E-state index in [0.29, 0.717) is 17.5 Å². The molecule has 0 aliphatic carbocycles. The predicted octanol–water partition coefficient (Wildman–Crippen LogP) is 5.16. The van der Waals surface area contributed by atoms with E-state index in [-0.39, 0.29) is 12.0 Å². The molecule has 0 fully saturated rings. The summed E-state index contributed by atoms with van der Waals surface area (Å²) in [6.45, 7) is 12.1. The molecule has 1 unspecified atom stereocenters. The topological polar surface area (TPSA) is 72.8 Å². The minimum Gasteiger partial charge on any atom is -0.459 e. The zero-order valence-corrected chi connectivity index (χ0v) is 18.2. The molecule has 1 atom stereocenters. The van der Waals surface area contributed by atoms with Gasteiger partial charge in [0.2, 0.25) is 0 Å². The third kappa shape index (κ3) is 6.93. The first-order valence-electron chi connectivity index (χ1n) is 10.3. The number of aliphatic hydroxyl groups is 1. The lowest BCUT2D eigenvalue weighted by molar-refractivity contribution is -0.0131. The lowest BCUT2D eigenvalue weighted by Crippen LogP contribution is -2.30. The van der Waals surface area contributed by atoms with Crippen molar-refractivity contribution in [2.24, 2.45) is 5.41 Å². The van der Waals surface area contributed by atoms with Gasteiger partial charge >= 0.3 is 11.9 Å². The number of benzene rings is 1. The van der Waals surface area contributed by atoms with E-state index in [4.69, 9.17) is 9.47 Å². The second kappa shape index (κ2) is 10.6. The summed E-state index contributed by atoms with van der Waals surface area (Å²) in [5, 5.41) is 10.2. The molecule has 158 valence electrons. The molecule has 0 bridgehead atoms. The lowest BCUT2D eigenvalue weighted by Gasteiger charge is -2.29. The second-order valence-electron chi connectivity index (χ2n) is 8.10. The van der Waals surface area contributed by atoms with E-state index in [1.807, 2.05) is 20.8 Å². The minimum absolute atomic E-state index is 0.0381. The third-order valence-corrected chi connectivity index (χ3v) is 6.03. The van der Waals surface area contributed by atoms with Gasteiger partial charge in [-0.25, -0.2) is 9.59 Å². The van der Waals surface area contributed by atoms with Crippen LogP contribution in [0.5, 0.6) is 0 Å². The number of aliphatic hydroxyl groups excluding tert-OH is 1. The van der Waals surface area contributed by atoms with Crippen molar-refractivity contribution in [3.05, 3.63) is 35.4 Å². The van der Waals surface area contributed by atoms with Crippen LogP contribution in [0.3, 0.4) is 0 Å². The molecule has 1 aromatic rings. The molecule has 0 amide bonds. The Labute approximate surface area is 169 Å². The summed E-state index contributed by atoms with van der Waals surface area (Å²) in [7, 11) is 0. The number of ether oxygens (including phenoxy) is 2. The Bertz CT molecular complexity index is 627. The Hall–Kier alpha value is -1.88. The second-order valence-corrected chi connectivity index (χ2v) is 8.10. The Kier molecular flexibility index (Phi) is 9.15. The van der Waals surface area contributed by atoms with Crippen molar-refractivity contribution in [2.45, 2.75) is 85.4 Å². The van der Waals surface area contributed by atoms with E-state index in [0.717, 1.165) is 25.7 Å². The minimum atomic E-state index is -0.691. The Morgan fingerprint density at radius 3 is 1.79 bits per heavy atom. The molecule has 0 spiro atoms. The fraction of sp³-hybridized carbons (Fsp3) is 0.652. The zero-order chi connectivity index (χ0) is 21.4. The van der Waals surface area contributed by atoms with Gasteiger partial charge in [-0.15, -0.1) is 0 Å². The van der Waals surface area contributed by atoms with Crippen molar-refractivity contribution in [2.75, 3.05) is 6.61 Å². The van der Waals surface area contributed by atoms with Crippen LogP contribution in [0.2, 0.25) is 0 Å². The molecule has 1 rings (SSSR count). The van der Waals surface area contributed by atoms with Gasteiger partial charge in [0.15, 0.2) is 0 Å². The van der Waals surface area contributed by atoms with E-state index < -0.39 is 23.6 Å². The number of hydrogen-bond acceptors (Lipinski definition) is 5. The van der Waals surface area contributed by atoms with Gasteiger partial charge in [0.1, 0.15) is 12.2 Å². The number of hydrogen-bond donors (Lipinski definition) is 1. The van der Waals surface area contributed by atoms with Crippen molar-refractivity contribution in [1.29, 1.82) is 0 Å². The van der Waals surface area contributed by atoms with Crippen LogP contribution in [0.15, 0.2) is 24.3 Å². The highest BCUT2D eigenvalue weighted by Gasteiger charge is 2.26. The molecule has 1 N–H and O–H groups in total. The van der Waals surface area contributed by atoms with Crippen LogP contribution in [0.4, 0.5) is 0 Å². The fourth-order valence-electron chi connectivity index (χ4n) is 2.84. The molecule has 1 aromatic carbocycles. The Balaban J connectivity index is 2.63. The summed E-state index contributed by atoms with van der Waals surface area (Å²) < 4.78 is 10.8. The standard InChI is InChI=1S/C23H36O5/c1-7-22(5,8-2)15-19(24)16-27-20(25)17-11-13-18(14-12-17)21(26)28-23(6,9-3)10-4/h11-14,19,24H,7-10,15-16H2,1-6H3. The monoisotopic (exact) mass is 392 g/mol. The number of esters is 2. The normalized spacial score (nSPS) is 13.1. The number of rotatable bonds is 11. The lowest BCUT2D eigenvalue weighted by atomic mass is 9.80. The maximum absolute atomic E-state index is 12.3. The van der Waals surface area contributed by atoms with Gasteiger partial charge in [0.25, 0.3) is 0 Å². The maximum atomic E-state index is 12.3. The maximum Gasteiger partial charge on any atom is 0.338 e. The largest absolute Gasteiger partial charge is 0.459 e. The van der Waals surface area contributed by atoms with Crippen LogP contribution in [0.25, 0.3) is 0 Å². The van der Waals surface area contributed by atoms with Gasteiger partial charge in [-0.2, -0.15) is 0 Å². The van der Waals surface area contributed by atoms with Gasteiger partial charge in [-0.05, 0) is 55.9 Å². The van der Waals surface area contributed by atoms with Crippen LogP contribution in [-0.4, -0.2) is 35.4 Å². The molecule has 0 aliphatic rings. The average molecular weight is 393 g/mol. The molecular weight excluding hydrogens is 356 g/mol. The smallest absolute Gasteiger partial charge is 0.338 e. The van der Waals surface area contributed by atoms with Crippen LogP contribution in [0.1, 0.15) is 94.4 Å². The summed E-state index contributed by atoms with van der Waals surface area (Å²) in [6, 6.07) is 6.21. The van der Waals surface area contributed by atoms with E-state index in [9.17, 15) is 14.7 Å². The van der Waals surface area contributed by atoms with Gasteiger partial charge in [0.05, 0.1) is 17.2 Å². The van der Waals surface area contributed by atoms with Crippen molar-refractivity contribution >= 4 is 11.9 Å². The Morgan fingerprint density at radius 2 is 1.36 bits per heavy atom. The van der Waals surface area contributed by atoms with Crippen LogP contribution in [0, 0.1) is 5.41 Å². The molecule has 0 saturated carbocycles. The number of carbonyl (C=O) groups excluding carboxylic acids is 2. The quantitative estimate of drug-likeness (QED) is 0.527. The molecule has 28 heavy (non-hydrogen) atoms. The molecule has 0 aliphatic heterocycles. The average Bonchev–Trinajstić information content (AvgIpc) is 2.71. The van der Waals surface area contributed by atoms with E-state index in [2.05, 4.69) is 20.8 Å². The summed E-state index contributed by atoms with van der Waals surface area (Å²) >= 11 is 0. The van der Waals surface area contributed by atoms with Crippen molar-refractivity contribution in [3.63, 3.8) is 0 Å². The van der Waals surface area contributed by atoms with Crippen LogP contribution >= 0.6 is 0 Å². The molecule has 0 saturated heterocycles. The highest BCUT2D eigenvalue weighted by atomic mass is 16.6. The van der Waals surface area contributed by atoms with Crippen molar-refractivity contribution in [3.8, 4) is 0 Å². The highest BCUT2D eigenvalue weighted by Crippen LogP contribution is 2.31. The first-order chi connectivity index (χ1) is 13.1. The van der Waals surface area contributed by atoms with Gasteiger partial charge in [-0.3, -0.25) is 0 Å². The van der Waals surface area contributed by atoms with E-state index in [1.54, 1.807) is 24.3 Å².